The molecule has 5 nitrogen and oxygen atoms in total. The van der Waals surface area contributed by atoms with Crippen molar-refractivity contribution in [3.05, 3.63) is 0 Å². The normalized spacial score (nSPS) is 22.3. The molecular formula is C11H26O5Si3. The Hall–Kier alpha value is 0.451. The molecule has 1 heterocycles. The summed E-state index contributed by atoms with van der Waals surface area (Å²) in [6.45, 7) is 10.6. The highest BCUT2D eigenvalue weighted by atomic mass is 28.5. The Labute approximate surface area is 121 Å². The van der Waals surface area contributed by atoms with Crippen LogP contribution < -0.4 is 0 Å². The molecule has 0 amide bonds. The van der Waals surface area contributed by atoms with Gasteiger partial charge in [-0.25, -0.2) is 0 Å². The summed E-state index contributed by atoms with van der Waals surface area (Å²) in [6, 6.07) is 0.944. The Morgan fingerprint density at radius 3 is 2.53 bits per heavy atom. The van der Waals surface area contributed by atoms with Crippen molar-refractivity contribution < 1.29 is 22.1 Å². The van der Waals surface area contributed by atoms with E-state index in [1.807, 2.05) is 6.55 Å². The van der Waals surface area contributed by atoms with Crippen LogP contribution in [0.15, 0.2) is 0 Å². The van der Waals surface area contributed by atoms with Crippen molar-refractivity contribution >= 4 is 26.9 Å². The van der Waals surface area contributed by atoms with Gasteiger partial charge in [-0.3, -0.25) is 0 Å². The van der Waals surface area contributed by atoms with Crippen molar-refractivity contribution in [3.8, 4) is 0 Å². The number of ether oxygens (including phenoxy) is 2. The quantitative estimate of drug-likeness (QED) is 0.330. The number of hydrogen-bond donors (Lipinski definition) is 0. The second-order valence-electron chi connectivity index (χ2n) is 5.28. The van der Waals surface area contributed by atoms with Crippen LogP contribution in [0.1, 0.15) is 6.42 Å². The summed E-state index contributed by atoms with van der Waals surface area (Å²) in [5.74, 6) is 0. The van der Waals surface area contributed by atoms with Crippen LogP contribution in [-0.2, 0) is 22.1 Å². The van der Waals surface area contributed by atoms with Crippen molar-refractivity contribution in [3.63, 3.8) is 0 Å². The molecule has 0 saturated carbocycles. The van der Waals surface area contributed by atoms with E-state index >= 15 is 0 Å². The van der Waals surface area contributed by atoms with E-state index < -0.39 is 17.1 Å². The first kappa shape index (κ1) is 17.5. The van der Waals surface area contributed by atoms with Gasteiger partial charge in [-0.05, 0) is 38.7 Å². The fraction of sp³-hybridized carbons (Fsp3) is 1.00. The number of rotatable bonds is 11. The minimum absolute atomic E-state index is 0.341. The molecular weight excluding hydrogens is 296 g/mol. The first-order valence-electron chi connectivity index (χ1n) is 6.70. The van der Waals surface area contributed by atoms with Gasteiger partial charge >= 0.3 is 17.1 Å². The van der Waals surface area contributed by atoms with E-state index in [1.54, 1.807) is 7.11 Å². The van der Waals surface area contributed by atoms with Gasteiger partial charge in [0, 0.05) is 13.7 Å². The van der Waals surface area contributed by atoms with Gasteiger partial charge in [-0.15, -0.1) is 0 Å². The lowest BCUT2D eigenvalue weighted by Gasteiger charge is -2.34. The van der Waals surface area contributed by atoms with Crippen molar-refractivity contribution in [1.82, 2.24) is 0 Å². The van der Waals surface area contributed by atoms with Gasteiger partial charge < -0.3 is 22.1 Å². The number of hydrogen-bond acceptors (Lipinski definition) is 5. The Kier molecular flexibility index (Phi) is 7.40. The molecule has 19 heavy (non-hydrogen) atoms. The topological polar surface area (TPSA) is 49.5 Å². The Morgan fingerprint density at radius 2 is 2.00 bits per heavy atom. The molecule has 1 saturated heterocycles. The van der Waals surface area contributed by atoms with E-state index in [-0.39, 0.29) is 0 Å². The van der Waals surface area contributed by atoms with Gasteiger partial charge in [0.15, 0.2) is 0 Å². The smallest absolute Gasteiger partial charge is 0.322 e. The predicted octanol–water partition coefficient (Wildman–Crippen LogP) is 1.91. The van der Waals surface area contributed by atoms with Crippen LogP contribution in [0.25, 0.3) is 0 Å². The molecule has 2 radical (unpaired) electrons. The molecule has 1 rings (SSSR count). The first-order valence-corrected chi connectivity index (χ1v) is 13.4. The molecule has 0 bridgehead atoms. The Bertz CT molecular complexity index is 263. The van der Waals surface area contributed by atoms with E-state index in [9.17, 15) is 0 Å². The lowest BCUT2D eigenvalue weighted by molar-refractivity contribution is 0.115. The van der Waals surface area contributed by atoms with Crippen LogP contribution in [0.5, 0.6) is 0 Å². The van der Waals surface area contributed by atoms with E-state index in [0.29, 0.717) is 22.5 Å². The lowest BCUT2D eigenvalue weighted by Crippen LogP contribution is -2.50. The largest absolute Gasteiger partial charge is 0.436 e. The third-order valence-corrected chi connectivity index (χ3v) is 11.4. The van der Waals surface area contributed by atoms with Crippen LogP contribution in [0, 0.1) is 0 Å². The highest BCUT2D eigenvalue weighted by Crippen LogP contribution is 2.21. The van der Waals surface area contributed by atoms with Gasteiger partial charge in [0.25, 0.3) is 0 Å². The van der Waals surface area contributed by atoms with Crippen LogP contribution in [-0.4, -0.2) is 59.9 Å². The van der Waals surface area contributed by atoms with E-state index in [2.05, 4.69) is 19.6 Å². The van der Waals surface area contributed by atoms with E-state index in [0.717, 1.165) is 25.7 Å². The van der Waals surface area contributed by atoms with Gasteiger partial charge in [-0.2, -0.15) is 0 Å². The maximum atomic E-state index is 6.22. The molecule has 0 aromatic carbocycles. The molecule has 112 valence electrons. The SMILES string of the molecule is CO[Si](C)(C)O[Si](C)(CCCOCC1CO1)O[Si]C. The lowest BCUT2D eigenvalue weighted by atomic mass is 10.5. The highest BCUT2D eigenvalue weighted by Gasteiger charge is 2.38. The van der Waals surface area contributed by atoms with Crippen LogP contribution in [0.3, 0.4) is 0 Å². The molecule has 1 aliphatic heterocycles. The molecule has 0 spiro atoms. The summed E-state index contributed by atoms with van der Waals surface area (Å²) in [4.78, 5) is 0. The van der Waals surface area contributed by atoms with E-state index in [1.165, 1.54) is 0 Å². The Balaban J connectivity index is 2.27. The molecule has 0 aliphatic carbocycles. The van der Waals surface area contributed by atoms with Crippen molar-refractivity contribution in [2.24, 2.45) is 0 Å². The molecule has 0 aromatic heterocycles. The Morgan fingerprint density at radius 1 is 1.32 bits per heavy atom. The predicted molar refractivity (Wildman–Crippen MR) is 79.9 cm³/mol. The fourth-order valence-electron chi connectivity index (χ4n) is 1.77. The molecule has 2 atom stereocenters. The third-order valence-electron chi connectivity index (χ3n) is 2.90. The first-order chi connectivity index (χ1) is 8.91. The molecule has 0 aromatic rings. The summed E-state index contributed by atoms with van der Waals surface area (Å²) in [6.07, 6.45) is 1.31. The van der Waals surface area contributed by atoms with Crippen molar-refractivity contribution in [1.29, 1.82) is 0 Å². The summed E-state index contributed by atoms with van der Waals surface area (Å²) in [5, 5.41) is 0. The van der Waals surface area contributed by atoms with Crippen LogP contribution in [0.4, 0.5) is 0 Å². The minimum atomic E-state index is -2.13. The molecule has 8 heteroatoms. The zero-order valence-corrected chi connectivity index (χ0v) is 15.7. The molecule has 2 unspecified atom stereocenters. The summed E-state index contributed by atoms with van der Waals surface area (Å²) >= 11 is 0. The zero-order chi connectivity index (χ0) is 14.4. The standard InChI is InChI=1S/C11H26O5Si3/c1-12-18(3,4)16-19(5,15-17-2)8-6-7-13-9-11-10-14-11/h11H,6-10H2,1-5H3. The van der Waals surface area contributed by atoms with Crippen LogP contribution in [0.2, 0.25) is 32.2 Å². The van der Waals surface area contributed by atoms with E-state index in [4.69, 9.17) is 22.1 Å². The molecule has 1 fully saturated rings. The molecule has 1 aliphatic rings. The third kappa shape index (κ3) is 7.71. The maximum Gasteiger partial charge on any atom is 0.322 e. The van der Waals surface area contributed by atoms with Crippen LogP contribution >= 0.6 is 0 Å². The number of epoxide rings is 1. The summed E-state index contributed by atoms with van der Waals surface area (Å²) in [7, 11) is -2.00. The van der Waals surface area contributed by atoms with Gasteiger partial charge in [0.05, 0.1) is 13.2 Å². The average molecular weight is 323 g/mol. The maximum absolute atomic E-state index is 6.22. The zero-order valence-electron chi connectivity index (χ0n) is 12.7. The second-order valence-corrected chi connectivity index (χ2v) is 13.3. The van der Waals surface area contributed by atoms with Crippen molar-refractivity contribution in [2.45, 2.75) is 44.8 Å². The summed E-state index contributed by atoms with van der Waals surface area (Å²) < 4.78 is 28.3. The minimum Gasteiger partial charge on any atom is -0.436 e. The monoisotopic (exact) mass is 322 g/mol. The van der Waals surface area contributed by atoms with Crippen molar-refractivity contribution in [2.75, 3.05) is 26.9 Å². The fourth-order valence-corrected chi connectivity index (χ4v) is 10.1. The molecule has 0 N–H and O–H groups in total. The van der Waals surface area contributed by atoms with Gasteiger partial charge in [0.2, 0.25) is 9.76 Å². The summed E-state index contributed by atoms with van der Waals surface area (Å²) in [5.41, 5.74) is 0. The van der Waals surface area contributed by atoms with Gasteiger partial charge in [-0.1, -0.05) is 0 Å². The van der Waals surface area contributed by atoms with Gasteiger partial charge in [0.1, 0.15) is 6.10 Å². The highest BCUT2D eigenvalue weighted by molar-refractivity contribution is 6.81. The second kappa shape index (κ2) is 8.03. The average Bonchev–Trinajstić information content (AvgIpc) is 3.12.